The summed E-state index contributed by atoms with van der Waals surface area (Å²) in [6.07, 6.45) is 6.57. The summed E-state index contributed by atoms with van der Waals surface area (Å²) in [5.41, 5.74) is 0.456. The quantitative estimate of drug-likeness (QED) is 0.332. The predicted molar refractivity (Wildman–Crippen MR) is 189 cm³/mol. The van der Waals surface area contributed by atoms with Gasteiger partial charge in [-0.1, -0.05) is 92.2 Å². The van der Waals surface area contributed by atoms with Crippen molar-refractivity contribution in [3.05, 3.63) is 89.0 Å². The van der Waals surface area contributed by atoms with Crippen molar-refractivity contribution >= 4 is 41.0 Å². The summed E-state index contributed by atoms with van der Waals surface area (Å²) in [5.74, 6) is -3.72. The normalized spacial score (nSPS) is 31.4. The largest absolute Gasteiger partial charge is 0.455 e. The second-order valence-corrected chi connectivity index (χ2v) is 14.7. The number of likely N-dealkylation sites (tertiary alicyclic amines) is 1. The SMILES string of the molecule is Cc1cccc(Cl)c1N1C/C=C\CCC(=O)N(C)[C@@H](C)[C@H](c2ccccc2)OC(=O)[C@@H]2[C@H]3C(=O)N([C@@H](CO)CC(C)C)[C@H](C1=O)[C@]31C=C[C@H]2O1. The molecule has 10 nitrogen and oxygen atoms in total. The number of rotatable bonds is 6. The Bertz CT molecular complexity index is 1680. The van der Waals surface area contributed by atoms with Gasteiger partial charge in [0.1, 0.15) is 23.7 Å². The average Bonchev–Trinajstić information content (AvgIpc) is 3.74. The highest BCUT2D eigenvalue weighted by molar-refractivity contribution is 6.34. The number of esters is 1. The van der Waals surface area contributed by atoms with Gasteiger partial charge in [0.25, 0.3) is 5.91 Å². The zero-order valence-electron chi connectivity index (χ0n) is 29.2. The standard InChI is InChI=1S/C39H46ClN3O7/c1-23(2)21-27(22-44)43-35-37(47)42(33-24(3)13-12-16-28(33)40)20-11-7-10-17-30(45)41(5)25(4)34(26-14-8-6-9-15-26)49-38(48)31-29-18-19-39(35,50-29)32(31)36(43)46/h6-9,11-16,18-19,23,25,27,29,31-32,34-35,44H,10,17,20-22H2,1-5H3/b11-7-/t25-,27+,29+,31-,32-,34+,35+,39-/m0/s1. The van der Waals surface area contributed by atoms with Crippen LogP contribution in [0.25, 0.3) is 0 Å². The van der Waals surface area contributed by atoms with Crippen molar-refractivity contribution in [3.63, 3.8) is 0 Å². The fourth-order valence-electron chi connectivity index (χ4n) is 8.18. The molecule has 2 saturated heterocycles. The number of benzene rings is 2. The van der Waals surface area contributed by atoms with Gasteiger partial charge < -0.3 is 29.3 Å². The third kappa shape index (κ3) is 6.15. The van der Waals surface area contributed by atoms with E-state index in [-0.39, 0.29) is 31.4 Å². The summed E-state index contributed by atoms with van der Waals surface area (Å²) in [5, 5.41) is 11.1. The Morgan fingerprint density at radius 1 is 1.02 bits per heavy atom. The van der Waals surface area contributed by atoms with Crippen molar-refractivity contribution in [2.75, 3.05) is 25.1 Å². The van der Waals surface area contributed by atoms with Gasteiger partial charge in [0.15, 0.2) is 0 Å². The van der Waals surface area contributed by atoms with Crippen molar-refractivity contribution in [2.24, 2.45) is 17.8 Å². The topological polar surface area (TPSA) is 117 Å². The van der Waals surface area contributed by atoms with Crippen molar-refractivity contribution in [2.45, 2.75) is 82.9 Å². The highest BCUT2D eigenvalue weighted by atomic mass is 35.5. The van der Waals surface area contributed by atoms with E-state index >= 15 is 4.79 Å². The zero-order valence-corrected chi connectivity index (χ0v) is 30.0. The Kier molecular flexibility index (Phi) is 10.3. The Morgan fingerprint density at radius 2 is 1.76 bits per heavy atom. The molecule has 6 rings (SSSR count). The summed E-state index contributed by atoms with van der Waals surface area (Å²) < 4.78 is 12.9. The number of hydrogen-bond acceptors (Lipinski definition) is 7. The minimum atomic E-state index is -1.49. The van der Waals surface area contributed by atoms with Crippen LogP contribution in [-0.4, -0.2) is 88.6 Å². The highest BCUT2D eigenvalue weighted by Gasteiger charge is 2.74. The van der Waals surface area contributed by atoms with E-state index in [9.17, 15) is 19.5 Å². The van der Waals surface area contributed by atoms with Crippen LogP contribution >= 0.6 is 11.6 Å². The second-order valence-electron chi connectivity index (χ2n) is 14.3. The van der Waals surface area contributed by atoms with Gasteiger partial charge in [0.05, 0.1) is 41.4 Å². The number of halogens is 1. The molecule has 50 heavy (non-hydrogen) atoms. The number of fused-ring (bicyclic) bond motifs is 2. The van der Waals surface area contributed by atoms with Gasteiger partial charge in [-0.05, 0) is 49.8 Å². The van der Waals surface area contributed by atoms with Crippen LogP contribution in [0.2, 0.25) is 5.02 Å². The van der Waals surface area contributed by atoms with Gasteiger partial charge in [0, 0.05) is 20.0 Å². The molecule has 266 valence electrons. The Balaban J connectivity index is 1.51. The highest BCUT2D eigenvalue weighted by Crippen LogP contribution is 2.57. The van der Waals surface area contributed by atoms with Gasteiger partial charge in [-0.25, -0.2) is 0 Å². The first-order valence-corrected chi connectivity index (χ1v) is 17.8. The molecule has 0 aliphatic carbocycles. The smallest absolute Gasteiger partial charge is 0.313 e. The number of ether oxygens (including phenoxy) is 2. The molecule has 4 aliphatic rings. The molecule has 0 saturated carbocycles. The Labute approximate surface area is 298 Å². The summed E-state index contributed by atoms with van der Waals surface area (Å²) in [6, 6.07) is 12.2. The van der Waals surface area contributed by atoms with Crippen LogP contribution < -0.4 is 4.90 Å². The second kappa shape index (κ2) is 14.3. The van der Waals surface area contributed by atoms with Gasteiger partial charge in [0.2, 0.25) is 11.8 Å². The lowest BCUT2D eigenvalue weighted by molar-refractivity contribution is -0.164. The number of likely N-dealkylation sites (N-methyl/N-ethyl adjacent to an activating group) is 1. The number of allylic oxidation sites excluding steroid dienone is 1. The summed E-state index contributed by atoms with van der Waals surface area (Å²) in [7, 11) is 1.69. The van der Waals surface area contributed by atoms with Crippen LogP contribution in [-0.2, 0) is 28.7 Å². The maximum atomic E-state index is 15.2. The van der Waals surface area contributed by atoms with E-state index in [1.807, 2.05) is 76.2 Å². The molecule has 0 aromatic heterocycles. The van der Waals surface area contributed by atoms with E-state index in [0.29, 0.717) is 29.1 Å². The van der Waals surface area contributed by atoms with E-state index in [0.717, 1.165) is 5.56 Å². The molecule has 0 radical (unpaired) electrons. The molecular formula is C39H46ClN3O7. The van der Waals surface area contributed by atoms with Crippen molar-refractivity contribution in [1.82, 2.24) is 9.80 Å². The lowest BCUT2D eigenvalue weighted by Crippen LogP contribution is -2.59. The van der Waals surface area contributed by atoms with Crippen LogP contribution in [0, 0.1) is 24.7 Å². The first-order chi connectivity index (χ1) is 23.9. The van der Waals surface area contributed by atoms with Gasteiger partial charge in [-0.15, -0.1) is 0 Å². The van der Waals surface area contributed by atoms with Crippen molar-refractivity contribution < 1.29 is 33.8 Å². The van der Waals surface area contributed by atoms with E-state index in [1.54, 1.807) is 41.1 Å². The number of nitrogens with zero attached hydrogens (tertiary/aromatic N) is 3. The van der Waals surface area contributed by atoms with Gasteiger partial charge in [-0.3, -0.25) is 19.2 Å². The number of carbonyl (C=O) groups excluding carboxylic acids is 4. The van der Waals surface area contributed by atoms with E-state index in [1.165, 1.54) is 4.90 Å². The molecule has 2 aromatic carbocycles. The summed E-state index contributed by atoms with van der Waals surface area (Å²) in [6.45, 7) is 7.40. The molecule has 2 aromatic rings. The maximum Gasteiger partial charge on any atom is 0.313 e. The minimum Gasteiger partial charge on any atom is -0.455 e. The number of aryl methyl sites for hydroxylation is 1. The number of anilines is 1. The molecule has 4 heterocycles. The molecule has 4 aliphatic heterocycles. The molecule has 5 bridgehead atoms. The van der Waals surface area contributed by atoms with Crippen LogP contribution in [0.3, 0.4) is 0 Å². The fourth-order valence-corrected chi connectivity index (χ4v) is 8.50. The molecule has 2 fully saturated rings. The van der Waals surface area contributed by atoms with Gasteiger partial charge >= 0.3 is 5.97 Å². The number of para-hydroxylation sites is 1. The molecule has 0 unspecified atom stereocenters. The lowest BCUT2D eigenvalue weighted by atomic mass is 9.74. The van der Waals surface area contributed by atoms with Crippen LogP contribution in [0.15, 0.2) is 72.8 Å². The number of hydrogen-bond donors (Lipinski definition) is 1. The Hall–Kier alpha value is -3.99. The van der Waals surface area contributed by atoms with Crippen LogP contribution in [0.4, 0.5) is 5.69 Å². The monoisotopic (exact) mass is 703 g/mol. The molecule has 1 spiro atoms. The summed E-state index contributed by atoms with van der Waals surface area (Å²) >= 11 is 6.78. The fraction of sp³-hybridized carbons (Fsp3) is 0.487. The number of amides is 3. The van der Waals surface area contributed by atoms with E-state index in [4.69, 9.17) is 21.1 Å². The number of aliphatic hydroxyl groups is 1. The third-order valence-electron chi connectivity index (χ3n) is 10.7. The number of cyclic esters (lactones) is 1. The van der Waals surface area contributed by atoms with Crippen molar-refractivity contribution in [1.29, 1.82) is 0 Å². The molecule has 8 atom stereocenters. The van der Waals surface area contributed by atoms with Crippen molar-refractivity contribution in [3.8, 4) is 0 Å². The van der Waals surface area contributed by atoms with E-state index < -0.39 is 65.6 Å². The minimum absolute atomic E-state index is 0.0883. The predicted octanol–water partition coefficient (Wildman–Crippen LogP) is 5.02. The maximum absolute atomic E-state index is 15.2. The molecule has 11 heteroatoms. The first kappa shape index (κ1) is 35.8. The average molecular weight is 704 g/mol. The van der Waals surface area contributed by atoms with Crippen LogP contribution in [0.1, 0.15) is 57.3 Å². The molecule has 3 amide bonds. The molecular weight excluding hydrogens is 658 g/mol. The molecule has 1 N–H and O–H groups in total. The number of aliphatic hydroxyl groups excluding tert-OH is 1. The van der Waals surface area contributed by atoms with Crippen LogP contribution in [0.5, 0.6) is 0 Å². The summed E-state index contributed by atoms with van der Waals surface area (Å²) in [4.78, 5) is 62.5. The lowest BCUT2D eigenvalue weighted by Gasteiger charge is -2.39. The first-order valence-electron chi connectivity index (χ1n) is 17.4. The van der Waals surface area contributed by atoms with E-state index in [2.05, 4.69) is 0 Å². The zero-order chi connectivity index (χ0) is 35.9. The third-order valence-corrected chi connectivity index (χ3v) is 11.0. The Morgan fingerprint density at radius 3 is 2.44 bits per heavy atom. The van der Waals surface area contributed by atoms with Gasteiger partial charge in [-0.2, -0.15) is 0 Å². The number of carbonyl (C=O) groups is 4.